The van der Waals surface area contributed by atoms with E-state index in [1.165, 1.54) is 6.42 Å². The number of halogens is 5. The second-order valence-corrected chi connectivity index (χ2v) is 18.1. The molecule has 4 atom stereocenters. The normalized spacial score (nSPS) is 28.6. The van der Waals surface area contributed by atoms with E-state index < -0.39 is 32.9 Å². The van der Waals surface area contributed by atoms with Crippen LogP contribution < -0.4 is 0 Å². The molecular weight excluding hydrogens is 654 g/mol. The Kier molecular flexibility index (Phi) is 10.4. The van der Waals surface area contributed by atoms with E-state index in [2.05, 4.69) is 61.1 Å². The monoisotopic (exact) mass is 707 g/mol. The number of thiol groups is 1. The summed E-state index contributed by atoms with van der Waals surface area (Å²) in [5.41, 5.74) is 4.37. The van der Waals surface area contributed by atoms with Gasteiger partial charge in [-0.3, -0.25) is 4.98 Å². The lowest BCUT2D eigenvalue weighted by atomic mass is 9.69. The SMILES string of the molecule is CC1CCCC12OC(c1ccc(S(F)(F)(F)(F)F)cc1)c1c(C3CCOCC3)nc3c(c12)C(O)CC(C)(C)C3.CCC(C)(C)C.CS. The van der Waals surface area contributed by atoms with Crippen LogP contribution >= 0.6 is 22.9 Å². The Morgan fingerprint density at radius 1 is 0.979 bits per heavy atom. The van der Waals surface area contributed by atoms with Crippen molar-refractivity contribution in [3.8, 4) is 0 Å². The summed E-state index contributed by atoms with van der Waals surface area (Å²) in [5.74, 6) is 0.184. The number of pyridine rings is 1. The number of aromatic nitrogens is 1. The maximum atomic E-state index is 13.5. The molecule has 0 radical (unpaired) electrons. The summed E-state index contributed by atoms with van der Waals surface area (Å²) in [6.07, 6.45) is 6.80. The summed E-state index contributed by atoms with van der Waals surface area (Å²) in [4.78, 5) is 3.29. The third-order valence-electron chi connectivity index (χ3n) is 10.4. The van der Waals surface area contributed by atoms with E-state index in [1.54, 1.807) is 6.26 Å². The summed E-state index contributed by atoms with van der Waals surface area (Å²) in [6, 6.07) is 3.18. The molecule has 1 N–H and O–H groups in total. The molecule has 2 aliphatic carbocycles. The Hall–Kier alpha value is -1.40. The van der Waals surface area contributed by atoms with Crippen LogP contribution in [0.4, 0.5) is 19.4 Å². The van der Waals surface area contributed by atoms with Crippen LogP contribution in [0, 0.1) is 16.7 Å². The highest BCUT2D eigenvalue weighted by Gasteiger charge is 2.65. The van der Waals surface area contributed by atoms with Gasteiger partial charge < -0.3 is 14.6 Å². The van der Waals surface area contributed by atoms with Gasteiger partial charge in [0.25, 0.3) is 0 Å². The van der Waals surface area contributed by atoms with Crippen molar-refractivity contribution in [1.82, 2.24) is 4.98 Å². The number of hydrogen-bond acceptors (Lipinski definition) is 5. The van der Waals surface area contributed by atoms with Crippen LogP contribution in [0.25, 0.3) is 0 Å². The van der Waals surface area contributed by atoms with E-state index in [0.717, 1.165) is 72.3 Å². The molecule has 3 heterocycles. The number of fused-ring (bicyclic) bond motifs is 4. The molecule has 2 aromatic rings. The molecule has 6 rings (SSSR count). The minimum absolute atomic E-state index is 0.0712. The lowest BCUT2D eigenvalue weighted by Gasteiger charge is -2.40. The minimum atomic E-state index is -9.81. The van der Waals surface area contributed by atoms with Gasteiger partial charge in [0, 0.05) is 36.0 Å². The van der Waals surface area contributed by atoms with Crippen LogP contribution in [0.1, 0.15) is 145 Å². The van der Waals surface area contributed by atoms with Gasteiger partial charge >= 0.3 is 10.2 Å². The fourth-order valence-electron chi connectivity index (χ4n) is 7.49. The van der Waals surface area contributed by atoms with Gasteiger partial charge in [0.15, 0.2) is 0 Å². The third kappa shape index (κ3) is 8.16. The van der Waals surface area contributed by atoms with E-state index in [4.69, 9.17) is 14.5 Å². The summed E-state index contributed by atoms with van der Waals surface area (Å²) >= 11 is 3.53. The van der Waals surface area contributed by atoms with Gasteiger partial charge in [-0.2, -0.15) is 12.6 Å². The van der Waals surface area contributed by atoms with Crippen molar-refractivity contribution in [2.24, 2.45) is 16.7 Å². The molecule has 1 saturated heterocycles. The first kappa shape index (κ1) is 38.4. The quantitative estimate of drug-likeness (QED) is 0.246. The van der Waals surface area contributed by atoms with Gasteiger partial charge in [-0.15, -0.1) is 0 Å². The topological polar surface area (TPSA) is 51.6 Å². The number of aliphatic hydroxyl groups excluding tert-OH is 1. The fraction of sp³-hybridized carbons (Fsp3) is 0.694. The lowest BCUT2D eigenvalue weighted by molar-refractivity contribution is -0.0842. The Balaban J connectivity index is 0.000000564. The van der Waals surface area contributed by atoms with Crippen LogP contribution in [0.5, 0.6) is 0 Å². The van der Waals surface area contributed by atoms with Crippen LogP contribution in [-0.2, 0) is 21.5 Å². The number of hydrogen-bond donors (Lipinski definition) is 2. The largest absolute Gasteiger partial charge is 0.388 e. The van der Waals surface area contributed by atoms with Crippen molar-refractivity contribution in [1.29, 1.82) is 0 Å². The highest BCUT2D eigenvalue weighted by Crippen LogP contribution is 3.02. The van der Waals surface area contributed by atoms with Gasteiger partial charge in [-0.25, -0.2) is 0 Å². The number of rotatable bonds is 3. The summed E-state index contributed by atoms with van der Waals surface area (Å²) in [5, 5.41) is 11.5. The van der Waals surface area contributed by atoms with Gasteiger partial charge in [-0.05, 0) is 91.2 Å². The Bertz CT molecular complexity index is 1420. The third-order valence-corrected chi connectivity index (χ3v) is 11.6. The van der Waals surface area contributed by atoms with Crippen molar-refractivity contribution in [3.05, 3.63) is 57.9 Å². The molecule has 1 spiro atoms. The highest BCUT2D eigenvalue weighted by atomic mass is 32.5. The van der Waals surface area contributed by atoms with Gasteiger partial charge in [0.05, 0.1) is 17.4 Å². The summed E-state index contributed by atoms with van der Waals surface area (Å²) in [7, 11) is -9.81. The molecular formula is C36H54F5NO3S2. The molecule has 0 bridgehead atoms. The zero-order chi connectivity index (χ0) is 35.3. The van der Waals surface area contributed by atoms with Crippen molar-refractivity contribution in [2.45, 2.75) is 128 Å². The molecule has 2 fully saturated rings. The molecule has 11 heteroatoms. The van der Waals surface area contributed by atoms with Crippen molar-refractivity contribution < 1.29 is 34.0 Å². The number of nitrogens with zero attached hydrogens (tertiary/aromatic N) is 1. The van der Waals surface area contributed by atoms with E-state index >= 15 is 0 Å². The molecule has 0 amide bonds. The smallest absolute Gasteiger partial charge is 0.310 e. The first-order valence-electron chi connectivity index (χ1n) is 16.8. The average Bonchev–Trinajstić information content (AvgIpc) is 3.52. The van der Waals surface area contributed by atoms with E-state index in [9.17, 15) is 24.5 Å². The highest BCUT2D eigenvalue weighted by molar-refractivity contribution is 8.45. The predicted molar refractivity (Wildman–Crippen MR) is 184 cm³/mol. The fourth-order valence-corrected chi connectivity index (χ4v) is 8.14. The predicted octanol–water partition coefficient (Wildman–Crippen LogP) is 11.8. The molecule has 1 saturated carbocycles. The van der Waals surface area contributed by atoms with Crippen LogP contribution in [-0.4, -0.2) is 29.6 Å². The molecule has 4 nitrogen and oxygen atoms in total. The lowest BCUT2D eigenvalue weighted by Crippen LogP contribution is -2.34. The van der Waals surface area contributed by atoms with Gasteiger partial charge in [0.1, 0.15) is 11.0 Å². The van der Waals surface area contributed by atoms with Crippen LogP contribution in [0.3, 0.4) is 0 Å². The molecule has 4 aliphatic rings. The zero-order valence-electron chi connectivity index (χ0n) is 29.1. The maximum Gasteiger partial charge on any atom is 0.310 e. The average molecular weight is 708 g/mol. The minimum Gasteiger partial charge on any atom is -0.388 e. The number of benzene rings is 1. The van der Waals surface area contributed by atoms with Crippen LogP contribution in [0.2, 0.25) is 0 Å². The Morgan fingerprint density at radius 3 is 2.04 bits per heavy atom. The molecule has 2 aliphatic heterocycles. The van der Waals surface area contributed by atoms with Crippen molar-refractivity contribution >= 4 is 22.9 Å². The second kappa shape index (κ2) is 12.7. The van der Waals surface area contributed by atoms with Crippen molar-refractivity contribution in [3.63, 3.8) is 0 Å². The van der Waals surface area contributed by atoms with Gasteiger partial charge in [0.2, 0.25) is 0 Å². The van der Waals surface area contributed by atoms with Gasteiger partial charge in [-0.1, -0.05) is 86.4 Å². The molecule has 4 unspecified atom stereocenters. The molecule has 1 aromatic heterocycles. The molecule has 268 valence electrons. The van der Waals surface area contributed by atoms with Crippen LogP contribution in [0.15, 0.2) is 29.2 Å². The van der Waals surface area contributed by atoms with Crippen molar-refractivity contribution in [2.75, 3.05) is 19.5 Å². The molecule has 47 heavy (non-hydrogen) atoms. The Morgan fingerprint density at radius 2 is 1.55 bits per heavy atom. The number of aliphatic hydroxyl groups is 1. The standard InChI is InChI=1S/C29H36F5NO3S.C6H14.CH4S/c1-17-5-4-12-29(17)25-23-21(15-28(2,3)16-22(23)36)35-26(18-10-13-37-14-11-18)24(25)27(38-29)19-6-8-20(9-7-19)39(30,31,32,33)34;1-5-6(2,3)4;1-2/h6-9,17-18,22,27,36H,4-5,10-16H2,1-3H3;5H2,1-4H3;2H,1H3. The Labute approximate surface area is 283 Å². The maximum absolute atomic E-state index is 13.5. The second-order valence-electron chi connectivity index (χ2n) is 15.7. The summed E-state index contributed by atoms with van der Waals surface area (Å²) in [6.45, 7) is 16.5. The first-order valence-corrected chi connectivity index (χ1v) is 19.7. The van der Waals surface area contributed by atoms with E-state index in [-0.39, 0.29) is 17.3 Å². The first-order chi connectivity index (χ1) is 21.5. The number of ether oxygens (including phenoxy) is 2. The van der Waals surface area contributed by atoms with E-state index in [0.29, 0.717) is 49.2 Å². The zero-order valence-corrected chi connectivity index (χ0v) is 30.9. The van der Waals surface area contributed by atoms with E-state index in [1.807, 2.05) is 0 Å². The molecule has 1 aromatic carbocycles. The summed E-state index contributed by atoms with van der Waals surface area (Å²) < 4.78 is 80.1.